The molecule has 7 nitrogen and oxygen atoms in total. The lowest BCUT2D eigenvalue weighted by atomic mass is 9.84. The Hall–Kier alpha value is -0.610. The molecule has 1 heterocycles. The van der Waals surface area contributed by atoms with E-state index >= 15 is 0 Å². The molecule has 0 aromatic carbocycles. The number of nitrogens with zero attached hydrogens (tertiary/aromatic N) is 1. The van der Waals surface area contributed by atoms with Crippen LogP contribution >= 0.6 is 24.0 Å². The molecule has 8 heteroatoms. The van der Waals surface area contributed by atoms with E-state index in [1.54, 1.807) is 14.0 Å². The van der Waals surface area contributed by atoms with E-state index in [1.165, 1.54) is 0 Å². The molecule has 0 amide bonds. The number of hydrogen-bond donors (Lipinski definition) is 3. The maximum absolute atomic E-state index is 11.2. The number of carbonyl (C=O) groups is 1. The Kier molecular flexibility index (Phi) is 12.4. The molecule has 1 aliphatic rings. The standard InChI is InChI=1S/C15H29N3O4.HI/c1-3-22-13(20)5-4-8-17-14(16-2)18-11-15(6-9-19)7-10-21-12-15;/h19H,3-12H2,1-2H3,(H2,16,17,18);1H. The lowest BCUT2D eigenvalue weighted by molar-refractivity contribution is -0.143. The van der Waals surface area contributed by atoms with E-state index in [9.17, 15) is 9.90 Å². The van der Waals surface area contributed by atoms with Gasteiger partial charge < -0.3 is 25.2 Å². The highest BCUT2D eigenvalue weighted by molar-refractivity contribution is 14.0. The Morgan fingerprint density at radius 3 is 2.78 bits per heavy atom. The van der Waals surface area contributed by atoms with E-state index < -0.39 is 0 Å². The van der Waals surface area contributed by atoms with Crippen molar-refractivity contribution >= 4 is 35.9 Å². The molecule has 0 aromatic heterocycles. The molecule has 0 radical (unpaired) electrons. The molecule has 1 fully saturated rings. The Labute approximate surface area is 155 Å². The third-order valence-electron chi connectivity index (χ3n) is 3.84. The van der Waals surface area contributed by atoms with Gasteiger partial charge in [-0.05, 0) is 26.2 Å². The maximum Gasteiger partial charge on any atom is 0.305 e. The van der Waals surface area contributed by atoms with Crippen LogP contribution in [-0.4, -0.2) is 63.6 Å². The van der Waals surface area contributed by atoms with Crippen LogP contribution in [0.2, 0.25) is 0 Å². The van der Waals surface area contributed by atoms with Crippen LogP contribution in [-0.2, 0) is 14.3 Å². The van der Waals surface area contributed by atoms with Gasteiger partial charge in [-0.25, -0.2) is 0 Å². The van der Waals surface area contributed by atoms with Gasteiger partial charge in [0.05, 0.1) is 13.2 Å². The van der Waals surface area contributed by atoms with Gasteiger partial charge in [0.1, 0.15) is 0 Å². The summed E-state index contributed by atoms with van der Waals surface area (Å²) >= 11 is 0. The van der Waals surface area contributed by atoms with Crippen LogP contribution in [0.3, 0.4) is 0 Å². The molecule has 1 atom stereocenters. The molecular weight excluding hydrogens is 413 g/mol. The topological polar surface area (TPSA) is 92.2 Å². The first-order chi connectivity index (χ1) is 10.7. The number of hydrogen-bond acceptors (Lipinski definition) is 5. The predicted octanol–water partition coefficient (Wildman–Crippen LogP) is 0.902. The van der Waals surface area contributed by atoms with Crippen molar-refractivity contribution in [3.8, 4) is 0 Å². The van der Waals surface area contributed by atoms with Crippen molar-refractivity contribution in [2.45, 2.75) is 32.6 Å². The van der Waals surface area contributed by atoms with Gasteiger partial charge in [-0.2, -0.15) is 0 Å². The monoisotopic (exact) mass is 443 g/mol. The summed E-state index contributed by atoms with van der Waals surface area (Å²) in [5, 5.41) is 15.7. The first-order valence-corrected chi connectivity index (χ1v) is 7.94. The molecule has 1 saturated heterocycles. The lowest BCUT2D eigenvalue weighted by Crippen LogP contribution is -2.44. The van der Waals surface area contributed by atoms with E-state index in [0.29, 0.717) is 45.1 Å². The largest absolute Gasteiger partial charge is 0.466 e. The minimum Gasteiger partial charge on any atom is -0.466 e. The highest BCUT2D eigenvalue weighted by Crippen LogP contribution is 2.31. The Morgan fingerprint density at radius 2 is 2.22 bits per heavy atom. The number of aliphatic hydroxyl groups is 1. The SMILES string of the molecule is CCOC(=O)CCCNC(=NC)NCC1(CCO)CCOC1.I. The van der Waals surface area contributed by atoms with Gasteiger partial charge in [-0.3, -0.25) is 9.79 Å². The molecule has 0 saturated carbocycles. The summed E-state index contributed by atoms with van der Waals surface area (Å²) in [6.45, 7) is 5.17. The average molecular weight is 443 g/mol. The molecule has 136 valence electrons. The maximum atomic E-state index is 11.2. The summed E-state index contributed by atoms with van der Waals surface area (Å²) in [5.41, 5.74) is -0.0166. The zero-order valence-corrected chi connectivity index (χ0v) is 16.4. The number of esters is 1. The van der Waals surface area contributed by atoms with Crippen molar-refractivity contribution in [2.24, 2.45) is 10.4 Å². The number of aliphatic hydroxyl groups excluding tert-OH is 1. The fourth-order valence-electron chi connectivity index (χ4n) is 2.48. The van der Waals surface area contributed by atoms with Crippen molar-refractivity contribution in [1.29, 1.82) is 0 Å². The highest BCUT2D eigenvalue weighted by atomic mass is 127. The normalized spacial score (nSPS) is 20.7. The number of nitrogens with one attached hydrogen (secondary N) is 2. The van der Waals surface area contributed by atoms with Gasteiger partial charge in [0.15, 0.2) is 5.96 Å². The number of halogens is 1. The van der Waals surface area contributed by atoms with E-state index in [4.69, 9.17) is 9.47 Å². The fourth-order valence-corrected chi connectivity index (χ4v) is 2.48. The molecule has 23 heavy (non-hydrogen) atoms. The van der Waals surface area contributed by atoms with Crippen LogP contribution in [0.1, 0.15) is 32.6 Å². The van der Waals surface area contributed by atoms with Crippen LogP contribution in [0.15, 0.2) is 4.99 Å². The number of carbonyl (C=O) groups excluding carboxylic acids is 1. The first-order valence-electron chi connectivity index (χ1n) is 7.94. The third kappa shape index (κ3) is 8.71. The fraction of sp³-hybridized carbons (Fsp3) is 0.867. The summed E-state index contributed by atoms with van der Waals surface area (Å²) in [6.07, 6.45) is 2.77. The zero-order valence-electron chi connectivity index (χ0n) is 14.1. The van der Waals surface area contributed by atoms with Gasteiger partial charge >= 0.3 is 5.97 Å². The molecular formula is C15H30IN3O4. The van der Waals surface area contributed by atoms with Gasteiger partial charge in [0.25, 0.3) is 0 Å². The Balaban J connectivity index is 0.00000484. The zero-order chi connectivity index (χ0) is 16.3. The van der Waals surface area contributed by atoms with E-state index in [0.717, 1.165) is 19.4 Å². The second-order valence-corrected chi connectivity index (χ2v) is 5.54. The Morgan fingerprint density at radius 1 is 1.43 bits per heavy atom. The average Bonchev–Trinajstić information content (AvgIpc) is 2.96. The molecule has 1 aliphatic heterocycles. The molecule has 0 spiro atoms. The van der Waals surface area contributed by atoms with Crippen LogP contribution in [0, 0.1) is 5.41 Å². The van der Waals surface area contributed by atoms with E-state index in [2.05, 4.69) is 15.6 Å². The van der Waals surface area contributed by atoms with Crippen LogP contribution in [0.4, 0.5) is 0 Å². The van der Waals surface area contributed by atoms with E-state index in [1.807, 2.05) is 0 Å². The van der Waals surface area contributed by atoms with Gasteiger partial charge in [-0.15, -0.1) is 24.0 Å². The molecule has 0 aliphatic carbocycles. The number of rotatable bonds is 9. The van der Waals surface area contributed by atoms with Crippen molar-refractivity contribution in [2.75, 3.05) is 46.6 Å². The van der Waals surface area contributed by atoms with Crippen molar-refractivity contribution in [3.05, 3.63) is 0 Å². The molecule has 3 N–H and O–H groups in total. The first kappa shape index (κ1) is 22.4. The lowest BCUT2D eigenvalue weighted by Gasteiger charge is -2.27. The third-order valence-corrected chi connectivity index (χ3v) is 3.84. The molecule has 0 bridgehead atoms. The highest BCUT2D eigenvalue weighted by Gasteiger charge is 2.34. The summed E-state index contributed by atoms with van der Waals surface area (Å²) in [5.74, 6) is 0.533. The quantitative estimate of drug-likeness (QED) is 0.161. The van der Waals surface area contributed by atoms with Crippen LogP contribution in [0.25, 0.3) is 0 Å². The Bertz CT molecular complexity index is 361. The number of guanidine groups is 1. The molecule has 1 unspecified atom stereocenters. The van der Waals surface area contributed by atoms with Crippen molar-refractivity contribution < 1.29 is 19.4 Å². The van der Waals surface area contributed by atoms with Crippen LogP contribution < -0.4 is 10.6 Å². The van der Waals surface area contributed by atoms with Gasteiger partial charge in [0.2, 0.25) is 0 Å². The second kappa shape index (κ2) is 12.8. The molecule has 1 rings (SSSR count). The summed E-state index contributed by atoms with van der Waals surface area (Å²) in [4.78, 5) is 15.4. The summed E-state index contributed by atoms with van der Waals surface area (Å²) in [7, 11) is 1.71. The number of ether oxygens (including phenoxy) is 2. The van der Waals surface area contributed by atoms with Crippen molar-refractivity contribution in [1.82, 2.24) is 10.6 Å². The summed E-state index contributed by atoms with van der Waals surface area (Å²) in [6, 6.07) is 0. The predicted molar refractivity (Wildman–Crippen MR) is 100 cm³/mol. The van der Waals surface area contributed by atoms with Crippen molar-refractivity contribution in [3.63, 3.8) is 0 Å². The number of aliphatic imine (C=N–C) groups is 1. The second-order valence-electron chi connectivity index (χ2n) is 5.54. The molecule has 0 aromatic rings. The van der Waals surface area contributed by atoms with E-state index in [-0.39, 0.29) is 42.0 Å². The van der Waals surface area contributed by atoms with Gasteiger partial charge in [0, 0.05) is 45.2 Å². The van der Waals surface area contributed by atoms with Crippen LogP contribution in [0.5, 0.6) is 0 Å². The minimum absolute atomic E-state index is 0. The smallest absolute Gasteiger partial charge is 0.305 e. The van der Waals surface area contributed by atoms with Gasteiger partial charge in [-0.1, -0.05) is 0 Å². The minimum atomic E-state index is -0.169. The summed E-state index contributed by atoms with van der Waals surface area (Å²) < 4.78 is 10.3.